The van der Waals surface area contributed by atoms with Crippen LogP contribution in [0.2, 0.25) is 0 Å². The molecule has 1 aromatic carbocycles. The van der Waals surface area contributed by atoms with Gasteiger partial charge < -0.3 is 15.4 Å². The zero-order valence-electron chi connectivity index (χ0n) is 13.6. The number of nitrogens with zero attached hydrogens (tertiary/aromatic N) is 1. The highest BCUT2D eigenvalue weighted by Crippen LogP contribution is 2.24. The Morgan fingerprint density at radius 2 is 2.04 bits per heavy atom. The number of hydrogen-bond acceptors (Lipinski definition) is 4. The number of benzene rings is 1. The normalized spacial score (nSPS) is 10.2. The molecule has 0 aliphatic carbocycles. The number of pyridine rings is 1. The average Bonchev–Trinajstić information content (AvgIpc) is 2.57. The van der Waals surface area contributed by atoms with E-state index in [1.54, 1.807) is 12.3 Å². The SMILES string of the molecule is CCCCNc1ccnc(C(=O)Nc2ccccc2OCC)c1. The number of anilines is 2. The van der Waals surface area contributed by atoms with Crippen molar-refractivity contribution in [3.8, 4) is 5.75 Å². The van der Waals surface area contributed by atoms with Crippen molar-refractivity contribution in [3.05, 3.63) is 48.3 Å². The highest BCUT2D eigenvalue weighted by molar-refractivity contribution is 6.04. The first-order chi connectivity index (χ1) is 11.2. The van der Waals surface area contributed by atoms with Crippen molar-refractivity contribution in [1.29, 1.82) is 0 Å². The van der Waals surface area contributed by atoms with Gasteiger partial charge in [-0.25, -0.2) is 0 Å². The summed E-state index contributed by atoms with van der Waals surface area (Å²) in [7, 11) is 0. The highest BCUT2D eigenvalue weighted by atomic mass is 16.5. The second-order valence-corrected chi connectivity index (χ2v) is 5.09. The third-order valence-corrected chi connectivity index (χ3v) is 3.29. The lowest BCUT2D eigenvalue weighted by molar-refractivity contribution is 0.102. The van der Waals surface area contributed by atoms with Crippen molar-refractivity contribution < 1.29 is 9.53 Å². The summed E-state index contributed by atoms with van der Waals surface area (Å²) in [6.45, 7) is 5.48. The van der Waals surface area contributed by atoms with E-state index in [1.807, 2.05) is 37.3 Å². The minimum atomic E-state index is -0.253. The Morgan fingerprint density at radius 3 is 2.83 bits per heavy atom. The first-order valence-electron chi connectivity index (χ1n) is 7.97. The number of aromatic nitrogens is 1. The van der Waals surface area contributed by atoms with Crippen LogP contribution in [0, 0.1) is 0 Å². The van der Waals surface area contributed by atoms with Gasteiger partial charge in [0.2, 0.25) is 0 Å². The summed E-state index contributed by atoms with van der Waals surface area (Å²) in [6, 6.07) is 11.0. The summed E-state index contributed by atoms with van der Waals surface area (Å²) in [5.74, 6) is 0.400. The van der Waals surface area contributed by atoms with Crippen molar-refractivity contribution in [1.82, 2.24) is 4.98 Å². The van der Waals surface area contributed by atoms with Crippen LogP contribution >= 0.6 is 0 Å². The third-order valence-electron chi connectivity index (χ3n) is 3.29. The minimum Gasteiger partial charge on any atom is -0.492 e. The first-order valence-corrected chi connectivity index (χ1v) is 7.97. The summed E-state index contributed by atoms with van der Waals surface area (Å²) in [4.78, 5) is 16.5. The molecular formula is C18H23N3O2. The molecule has 0 bridgehead atoms. The number of hydrogen-bond donors (Lipinski definition) is 2. The Hall–Kier alpha value is -2.56. The molecule has 2 N–H and O–H groups in total. The molecule has 0 saturated carbocycles. The molecule has 2 aromatic rings. The first kappa shape index (κ1) is 16.8. The van der Waals surface area contributed by atoms with Crippen molar-refractivity contribution in [2.24, 2.45) is 0 Å². The molecule has 0 aliphatic rings. The molecular weight excluding hydrogens is 290 g/mol. The standard InChI is InChI=1S/C18H23N3O2/c1-3-5-11-19-14-10-12-20-16(13-14)18(22)21-15-8-6-7-9-17(15)23-4-2/h6-10,12-13H,3-5,11H2,1-2H3,(H,19,20)(H,21,22). The van der Waals surface area contributed by atoms with Crippen LogP contribution in [0.1, 0.15) is 37.2 Å². The predicted molar refractivity (Wildman–Crippen MR) is 93.2 cm³/mol. The molecule has 23 heavy (non-hydrogen) atoms. The van der Waals surface area contributed by atoms with E-state index in [0.717, 1.165) is 25.1 Å². The number of rotatable bonds is 8. The molecule has 1 amide bonds. The lowest BCUT2D eigenvalue weighted by Crippen LogP contribution is -2.15. The second-order valence-electron chi connectivity index (χ2n) is 5.09. The van der Waals surface area contributed by atoms with Crippen LogP contribution in [0.15, 0.2) is 42.6 Å². The Labute approximate surface area is 137 Å². The van der Waals surface area contributed by atoms with E-state index in [2.05, 4.69) is 22.5 Å². The monoisotopic (exact) mass is 313 g/mol. The molecule has 122 valence electrons. The smallest absolute Gasteiger partial charge is 0.274 e. The van der Waals surface area contributed by atoms with Crippen LogP contribution in [-0.2, 0) is 0 Å². The lowest BCUT2D eigenvalue weighted by Gasteiger charge is -2.11. The Morgan fingerprint density at radius 1 is 1.22 bits per heavy atom. The fraction of sp³-hybridized carbons (Fsp3) is 0.333. The Balaban J connectivity index is 2.07. The molecule has 0 unspecified atom stereocenters. The van der Waals surface area contributed by atoms with Crippen LogP contribution in [0.4, 0.5) is 11.4 Å². The van der Waals surface area contributed by atoms with Gasteiger partial charge in [-0.2, -0.15) is 0 Å². The van der Waals surface area contributed by atoms with E-state index in [4.69, 9.17) is 4.74 Å². The maximum Gasteiger partial charge on any atom is 0.274 e. The Kier molecular flexibility index (Phi) is 6.41. The van der Waals surface area contributed by atoms with Crippen LogP contribution in [-0.4, -0.2) is 24.0 Å². The van der Waals surface area contributed by atoms with Crippen LogP contribution in [0.25, 0.3) is 0 Å². The summed E-state index contributed by atoms with van der Waals surface area (Å²) >= 11 is 0. The third kappa shape index (κ3) is 4.98. The molecule has 0 aliphatic heterocycles. The van der Waals surface area contributed by atoms with E-state index >= 15 is 0 Å². The summed E-state index contributed by atoms with van der Waals surface area (Å²) in [5, 5.41) is 6.14. The van der Waals surface area contributed by atoms with E-state index in [0.29, 0.717) is 23.7 Å². The molecule has 5 nitrogen and oxygen atoms in total. The van der Waals surface area contributed by atoms with Gasteiger partial charge in [0, 0.05) is 18.4 Å². The van der Waals surface area contributed by atoms with E-state index < -0.39 is 0 Å². The van der Waals surface area contributed by atoms with E-state index in [-0.39, 0.29) is 5.91 Å². The van der Waals surface area contributed by atoms with E-state index in [1.165, 1.54) is 0 Å². The number of carbonyl (C=O) groups is 1. The van der Waals surface area contributed by atoms with Crippen LogP contribution < -0.4 is 15.4 Å². The van der Waals surface area contributed by atoms with Gasteiger partial charge in [0.25, 0.3) is 5.91 Å². The zero-order chi connectivity index (χ0) is 16.5. The van der Waals surface area contributed by atoms with Gasteiger partial charge in [-0.1, -0.05) is 25.5 Å². The molecule has 0 radical (unpaired) electrons. The van der Waals surface area contributed by atoms with Gasteiger partial charge in [0.1, 0.15) is 11.4 Å². The maximum atomic E-state index is 12.4. The van der Waals surface area contributed by atoms with Crippen LogP contribution in [0.3, 0.4) is 0 Å². The summed E-state index contributed by atoms with van der Waals surface area (Å²) in [6.07, 6.45) is 3.85. The summed E-state index contributed by atoms with van der Waals surface area (Å²) in [5.41, 5.74) is 1.92. The van der Waals surface area contributed by atoms with Gasteiger partial charge in [-0.05, 0) is 37.6 Å². The van der Waals surface area contributed by atoms with Gasteiger partial charge >= 0.3 is 0 Å². The molecule has 0 fully saturated rings. The quantitative estimate of drug-likeness (QED) is 0.724. The molecule has 5 heteroatoms. The van der Waals surface area contributed by atoms with Crippen molar-refractivity contribution in [2.45, 2.75) is 26.7 Å². The number of unbranched alkanes of at least 4 members (excludes halogenated alkanes) is 1. The molecule has 0 atom stereocenters. The fourth-order valence-electron chi connectivity index (χ4n) is 2.11. The molecule has 1 heterocycles. The number of nitrogens with one attached hydrogen (secondary N) is 2. The lowest BCUT2D eigenvalue weighted by atomic mass is 10.2. The highest BCUT2D eigenvalue weighted by Gasteiger charge is 2.11. The van der Waals surface area contributed by atoms with Crippen molar-refractivity contribution >= 4 is 17.3 Å². The van der Waals surface area contributed by atoms with Gasteiger partial charge in [0.05, 0.1) is 12.3 Å². The molecule has 0 spiro atoms. The minimum absolute atomic E-state index is 0.253. The average molecular weight is 313 g/mol. The molecule has 2 rings (SSSR count). The fourth-order valence-corrected chi connectivity index (χ4v) is 2.11. The van der Waals surface area contributed by atoms with Crippen LogP contribution in [0.5, 0.6) is 5.75 Å². The van der Waals surface area contributed by atoms with Gasteiger partial charge in [-0.15, -0.1) is 0 Å². The molecule has 0 saturated heterocycles. The maximum absolute atomic E-state index is 12.4. The number of ether oxygens (including phenoxy) is 1. The summed E-state index contributed by atoms with van der Waals surface area (Å²) < 4.78 is 5.52. The zero-order valence-corrected chi connectivity index (χ0v) is 13.6. The molecule has 1 aromatic heterocycles. The van der Waals surface area contributed by atoms with Crippen molar-refractivity contribution in [3.63, 3.8) is 0 Å². The predicted octanol–water partition coefficient (Wildman–Crippen LogP) is 3.94. The van der Waals surface area contributed by atoms with Crippen molar-refractivity contribution in [2.75, 3.05) is 23.8 Å². The van der Waals surface area contributed by atoms with Gasteiger partial charge in [-0.3, -0.25) is 9.78 Å². The second kappa shape index (κ2) is 8.78. The Bertz CT molecular complexity index is 644. The number of amides is 1. The largest absolute Gasteiger partial charge is 0.492 e. The van der Waals surface area contributed by atoms with Gasteiger partial charge in [0.15, 0.2) is 0 Å². The number of para-hydroxylation sites is 2. The number of carbonyl (C=O) groups excluding carboxylic acids is 1. The topological polar surface area (TPSA) is 63.2 Å². The van der Waals surface area contributed by atoms with E-state index in [9.17, 15) is 4.79 Å².